The first-order valence-electron chi connectivity index (χ1n) is 6.93. The van der Waals surface area contributed by atoms with E-state index in [1.165, 1.54) is 0 Å². The first-order valence-corrected chi connectivity index (χ1v) is 7.73. The van der Waals surface area contributed by atoms with Crippen LogP contribution in [-0.2, 0) is 4.79 Å². The molecule has 1 aromatic carbocycles. The zero-order valence-corrected chi connectivity index (χ0v) is 14.7. The second-order valence-electron chi connectivity index (χ2n) is 5.25. The zero-order valence-electron chi connectivity index (χ0n) is 12.3. The van der Waals surface area contributed by atoms with Crippen LogP contribution in [0.3, 0.4) is 0 Å². The van der Waals surface area contributed by atoms with E-state index in [1.54, 1.807) is 7.11 Å². The molecule has 2 unspecified atom stereocenters. The third-order valence-electron chi connectivity index (χ3n) is 3.69. The van der Waals surface area contributed by atoms with Crippen LogP contribution in [0.1, 0.15) is 31.4 Å². The molecule has 6 heteroatoms. The fraction of sp³-hybridized carbons (Fsp3) is 0.533. The van der Waals surface area contributed by atoms with Gasteiger partial charge in [0.05, 0.1) is 17.6 Å². The fourth-order valence-corrected chi connectivity index (χ4v) is 3.04. The molecule has 1 aromatic rings. The van der Waals surface area contributed by atoms with Crippen LogP contribution in [0, 0.1) is 5.92 Å². The molecule has 1 saturated heterocycles. The zero-order chi connectivity index (χ0) is 14.5. The minimum atomic E-state index is -0.000863. The molecular weight excluding hydrogens is 356 g/mol. The minimum absolute atomic E-state index is 0. The van der Waals surface area contributed by atoms with Gasteiger partial charge in [0.2, 0.25) is 5.91 Å². The Labute approximate surface area is 140 Å². The van der Waals surface area contributed by atoms with Crippen LogP contribution >= 0.6 is 28.3 Å². The summed E-state index contributed by atoms with van der Waals surface area (Å²) < 4.78 is 6.11. The quantitative estimate of drug-likeness (QED) is 0.829. The number of nitrogens with one attached hydrogen (secondary N) is 2. The highest BCUT2D eigenvalue weighted by Crippen LogP contribution is 2.28. The second-order valence-corrected chi connectivity index (χ2v) is 6.10. The summed E-state index contributed by atoms with van der Waals surface area (Å²) in [5.41, 5.74) is 1.07. The molecule has 0 spiro atoms. The maximum absolute atomic E-state index is 12.0. The van der Waals surface area contributed by atoms with Gasteiger partial charge in [-0.25, -0.2) is 0 Å². The van der Waals surface area contributed by atoms with E-state index in [0.717, 1.165) is 35.3 Å². The molecule has 1 heterocycles. The number of rotatable bonds is 5. The molecule has 0 saturated carbocycles. The standard InChI is InChI=1S/C15H21BrN2O2.ClH/c1-10(12-3-4-14(20-2)13(16)8-12)18-15(19)7-11-5-6-17-9-11;/h3-4,8,10-11,17H,5-7,9H2,1-2H3,(H,18,19);1H. The van der Waals surface area contributed by atoms with Gasteiger partial charge in [-0.3, -0.25) is 4.79 Å². The third kappa shape index (κ3) is 5.16. The van der Waals surface area contributed by atoms with E-state index in [-0.39, 0.29) is 24.4 Å². The summed E-state index contributed by atoms with van der Waals surface area (Å²) in [5.74, 6) is 1.40. The summed E-state index contributed by atoms with van der Waals surface area (Å²) in [6.07, 6.45) is 1.70. The summed E-state index contributed by atoms with van der Waals surface area (Å²) in [6, 6.07) is 5.87. The van der Waals surface area contributed by atoms with Crippen molar-refractivity contribution in [2.45, 2.75) is 25.8 Å². The molecule has 21 heavy (non-hydrogen) atoms. The van der Waals surface area contributed by atoms with Crippen LogP contribution in [-0.4, -0.2) is 26.1 Å². The smallest absolute Gasteiger partial charge is 0.220 e. The van der Waals surface area contributed by atoms with Crippen LogP contribution in [0.25, 0.3) is 0 Å². The number of carbonyl (C=O) groups is 1. The molecule has 0 bridgehead atoms. The van der Waals surface area contributed by atoms with Gasteiger partial charge in [-0.05, 0) is 66.0 Å². The number of amides is 1. The van der Waals surface area contributed by atoms with Gasteiger partial charge >= 0.3 is 0 Å². The van der Waals surface area contributed by atoms with Crippen molar-refractivity contribution in [2.24, 2.45) is 5.92 Å². The molecule has 2 atom stereocenters. The molecule has 1 aliphatic rings. The van der Waals surface area contributed by atoms with Crippen molar-refractivity contribution < 1.29 is 9.53 Å². The highest BCUT2D eigenvalue weighted by Gasteiger charge is 2.19. The fourth-order valence-electron chi connectivity index (χ4n) is 2.49. The average Bonchev–Trinajstić information content (AvgIpc) is 2.91. The first-order chi connectivity index (χ1) is 9.60. The summed E-state index contributed by atoms with van der Waals surface area (Å²) in [4.78, 5) is 12.0. The lowest BCUT2D eigenvalue weighted by Gasteiger charge is -2.17. The van der Waals surface area contributed by atoms with Gasteiger partial charge in [-0.15, -0.1) is 12.4 Å². The molecule has 0 radical (unpaired) electrons. The summed E-state index contributed by atoms with van der Waals surface area (Å²) in [5, 5.41) is 6.34. The third-order valence-corrected chi connectivity index (χ3v) is 4.31. The SMILES string of the molecule is COc1ccc(C(C)NC(=O)CC2CCNC2)cc1Br.Cl. The van der Waals surface area contributed by atoms with Crippen molar-refractivity contribution in [1.29, 1.82) is 0 Å². The van der Waals surface area contributed by atoms with Crippen molar-refractivity contribution in [1.82, 2.24) is 10.6 Å². The van der Waals surface area contributed by atoms with E-state index >= 15 is 0 Å². The maximum Gasteiger partial charge on any atom is 0.220 e. The van der Waals surface area contributed by atoms with Crippen molar-refractivity contribution >= 4 is 34.2 Å². The van der Waals surface area contributed by atoms with Crippen molar-refractivity contribution in [2.75, 3.05) is 20.2 Å². The van der Waals surface area contributed by atoms with E-state index in [1.807, 2.05) is 25.1 Å². The van der Waals surface area contributed by atoms with E-state index in [0.29, 0.717) is 12.3 Å². The Morgan fingerprint density at radius 2 is 2.33 bits per heavy atom. The van der Waals surface area contributed by atoms with Gasteiger partial charge in [0, 0.05) is 6.42 Å². The highest BCUT2D eigenvalue weighted by molar-refractivity contribution is 9.10. The Kier molecular flexibility index (Phi) is 7.49. The van der Waals surface area contributed by atoms with Crippen molar-refractivity contribution in [3.63, 3.8) is 0 Å². The van der Waals surface area contributed by atoms with E-state index in [9.17, 15) is 4.79 Å². The van der Waals surface area contributed by atoms with Crippen LogP contribution < -0.4 is 15.4 Å². The highest BCUT2D eigenvalue weighted by atomic mass is 79.9. The number of carbonyl (C=O) groups excluding carboxylic acids is 1. The van der Waals surface area contributed by atoms with Crippen molar-refractivity contribution in [3.05, 3.63) is 28.2 Å². The van der Waals surface area contributed by atoms with E-state index in [2.05, 4.69) is 26.6 Å². The molecule has 4 nitrogen and oxygen atoms in total. The van der Waals surface area contributed by atoms with Crippen LogP contribution in [0.2, 0.25) is 0 Å². The normalized spacial score (nSPS) is 18.7. The van der Waals surface area contributed by atoms with E-state index < -0.39 is 0 Å². The summed E-state index contributed by atoms with van der Waals surface area (Å²) in [7, 11) is 1.64. The number of halogens is 2. The Morgan fingerprint density at radius 3 is 2.90 bits per heavy atom. The first kappa shape index (κ1) is 18.3. The van der Waals surface area contributed by atoms with Gasteiger partial charge in [-0.1, -0.05) is 6.07 Å². The largest absolute Gasteiger partial charge is 0.496 e. The predicted octanol–water partition coefficient (Wildman–Crippen LogP) is 3.06. The maximum atomic E-state index is 12.0. The molecule has 2 rings (SSSR count). The lowest BCUT2D eigenvalue weighted by atomic mass is 10.0. The van der Waals surface area contributed by atoms with E-state index in [4.69, 9.17) is 4.74 Å². The number of ether oxygens (including phenoxy) is 1. The molecular formula is C15H22BrClN2O2. The molecule has 0 aliphatic carbocycles. The topological polar surface area (TPSA) is 50.4 Å². The van der Waals surface area contributed by atoms with Gasteiger partial charge in [0.15, 0.2) is 0 Å². The second kappa shape index (κ2) is 8.61. The Hall–Kier alpha value is -0.780. The Bertz CT molecular complexity index is 479. The van der Waals surface area contributed by atoms with Gasteiger partial charge in [0.25, 0.3) is 0 Å². The number of hydrogen-bond acceptors (Lipinski definition) is 3. The monoisotopic (exact) mass is 376 g/mol. The Balaban J connectivity index is 0.00000220. The van der Waals surface area contributed by atoms with Crippen LogP contribution in [0.5, 0.6) is 5.75 Å². The Morgan fingerprint density at radius 1 is 1.57 bits per heavy atom. The van der Waals surface area contributed by atoms with Crippen molar-refractivity contribution in [3.8, 4) is 5.75 Å². The van der Waals surface area contributed by atoms with Crippen LogP contribution in [0.15, 0.2) is 22.7 Å². The number of hydrogen-bond donors (Lipinski definition) is 2. The minimum Gasteiger partial charge on any atom is -0.496 e. The molecule has 2 N–H and O–H groups in total. The number of benzene rings is 1. The van der Waals surface area contributed by atoms with Gasteiger partial charge in [0.1, 0.15) is 5.75 Å². The predicted molar refractivity (Wildman–Crippen MR) is 90.1 cm³/mol. The number of methoxy groups -OCH3 is 1. The molecule has 0 aromatic heterocycles. The van der Waals surface area contributed by atoms with Gasteiger partial charge in [-0.2, -0.15) is 0 Å². The van der Waals surface area contributed by atoms with Gasteiger partial charge < -0.3 is 15.4 Å². The molecule has 1 amide bonds. The average molecular weight is 378 g/mol. The molecule has 1 fully saturated rings. The lowest BCUT2D eigenvalue weighted by Crippen LogP contribution is -2.28. The summed E-state index contributed by atoms with van der Waals surface area (Å²) in [6.45, 7) is 3.98. The van der Waals surface area contributed by atoms with Crippen LogP contribution in [0.4, 0.5) is 0 Å². The molecule has 118 valence electrons. The summed E-state index contributed by atoms with van der Waals surface area (Å²) >= 11 is 3.47. The molecule has 1 aliphatic heterocycles. The lowest BCUT2D eigenvalue weighted by molar-refractivity contribution is -0.122.